The molecule has 1 atom stereocenters. The van der Waals surface area contributed by atoms with Crippen LogP contribution in [-0.2, 0) is 0 Å². The largest absolute Gasteiger partial charge is 0.497 e. The van der Waals surface area contributed by atoms with Crippen LogP contribution in [0.1, 0.15) is 17.4 Å². The van der Waals surface area contributed by atoms with E-state index in [1.807, 2.05) is 0 Å². The van der Waals surface area contributed by atoms with Gasteiger partial charge in [-0.15, -0.1) is 0 Å². The molecule has 0 saturated carbocycles. The maximum Gasteiger partial charge on any atom is 0.147 e. The maximum atomic E-state index is 13.7. The van der Waals surface area contributed by atoms with E-state index in [1.54, 1.807) is 0 Å². The summed E-state index contributed by atoms with van der Waals surface area (Å²) < 4.78 is 32.0. The molecule has 1 heterocycles. The van der Waals surface area contributed by atoms with Gasteiger partial charge in [-0.05, 0) is 24.3 Å². The van der Waals surface area contributed by atoms with Crippen LogP contribution in [0.4, 0.5) is 8.78 Å². The lowest BCUT2D eigenvalue weighted by atomic mass is 10.0. The Balaban J connectivity index is 2.40. The van der Waals surface area contributed by atoms with Crippen molar-refractivity contribution in [2.24, 2.45) is 0 Å². The first kappa shape index (κ1) is 12.4. The predicted octanol–water partition coefficient (Wildman–Crippen LogP) is 2.45. The summed E-state index contributed by atoms with van der Waals surface area (Å²) >= 11 is 0. The molecule has 2 rings (SSSR count). The van der Waals surface area contributed by atoms with E-state index in [9.17, 15) is 13.9 Å². The van der Waals surface area contributed by atoms with Crippen LogP contribution in [0.5, 0.6) is 5.75 Å². The second-order valence-electron chi connectivity index (χ2n) is 3.66. The first-order chi connectivity index (χ1) is 8.63. The summed E-state index contributed by atoms with van der Waals surface area (Å²) in [5, 5.41) is 9.93. The number of hydrogen-bond donors (Lipinski definition) is 1. The lowest BCUT2D eigenvalue weighted by Gasteiger charge is -2.12. The molecule has 2 aromatic rings. The van der Waals surface area contributed by atoms with Gasteiger partial charge in [-0.2, -0.15) is 0 Å². The van der Waals surface area contributed by atoms with Gasteiger partial charge in [0.15, 0.2) is 0 Å². The van der Waals surface area contributed by atoms with E-state index >= 15 is 0 Å². The van der Waals surface area contributed by atoms with Crippen molar-refractivity contribution >= 4 is 0 Å². The summed E-state index contributed by atoms with van der Waals surface area (Å²) in [6.07, 6.45) is -0.111. The highest BCUT2D eigenvalue weighted by Gasteiger charge is 2.19. The Morgan fingerprint density at radius 3 is 2.61 bits per heavy atom. The average Bonchev–Trinajstić information content (AvgIpc) is 2.38. The highest BCUT2D eigenvalue weighted by atomic mass is 19.1. The third kappa shape index (κ3) is 2.31. The van der Waals surface area contributed by atoms with Crippen molar-refractivity contribution in [2.45, 2.75) is 6.10 Å². The summed E-state index contributed by atoms with van der Waals surface area (Å²) in [5.41, 5.74) is -0.255. The molecule has 0 saturated heterocycles. The van der Waals surface area contributed by atoms with Gasteiger partial charge >= 0.3 is 0 Å². The van der Waals surface area contributed by atoms with Crippen LogP contribution in [0.15, 0.2) is 36.5 Å². The third-order valence-corrected chi connectivity index (χ3v) is 2.55. The molecule has 0 radical (unpaired) electrons. The fraction of sp³-hybridized carbons (Fsp3) is 0.154. The molecule has 1 aromatic carbocycles. The molecule has 0 spiro atoms. The van der Waals surface area contributed by atoms with E-state index in [2.05, 4.69) is 4.98 Å². The number of pyridine rings is 1. The number of aromatic nitrogens is 1. The van der Waals surface area contributed by atoms with Crippen LogP contribution in [0.3, 0.4) is 0 Å². The van der Waals surface area contributed by atoms with E-state index in [4.69, 9.17) is 4.74 Å². The molecule has 3 nitrogen and oxygen atoms in total. The SMILES string of the molecule is COc1ccc(C(O)c2ncccc2F)c(F)c1. The predicted molar refractivity (Wildman–Crippen MR) is 61.2 cm³/mol. The molecular formula is C13H11F2NO2. The Labute approximate surface area is 103 Å². The lowest BCUT2D eigenvalue weighted by molar-refractivity contribution is 0.204. The maximum absolute atomic E-state index is 13.7. The topological polar surface area (TPSA) is 42.4 Å². The number of benzene rings is 1. The Kier molecular flexibility index (Phi) is 3.53. The average molecular weight is 251 g/mol. The first-order valence-electron chi connectivity index (χ1n) is 5.25. The summed E-state index contributed by atoms with van der Waals surface area (Å²) in [5.74, 6) is -1.03. The fourth-order valence-electron chi connectivity index (χ4n) is 1.60. The Hall–Kier alpha value is -2.01. The molecule has 18 heavy (non-hydrogen) atoms. The number of aliphatic hydroxyl groups excluding tert-OH is 1. The van der Waals surface area contributed by atoms with Crippen LogP contribution < -0.4 is 4.74 Å². The number of halogens is 2. The van der Waals surface area contributed by atoms with Crippen molar-refractivity contribution in [2.75, 3.05) is 7.11 Å². The van der Waals surface area contributed by atoms with Crippen LogP contribution >= 0.6 is 0 Å². The van der Waals surface area contributed by atoms with Gasteiger partial charge in [0, 0.05) is 17.8 Å². The quantitative estimate of drug-likeness (QED) is 0.911. The van der Waals surface area contributed by atoms with Crippen molar-refractivity contribution in [1.29, 1.82) is 0 Å². The zero-order valence-electron chi connectivity index (χ0n) is 9.60. The lowest BCUT2D eigenvalue weighted by Crippen LogP contribution is -2.07. The second-order valence-corrected chi connectivity index (χ2v) is 3.66. The van der Waals surface area contributed by atoms with Crippen molar-refractivity contribution in [3.05, 3.63) is 59.4 Å². The molecule has 94 valence electrons. The molecule has 1 aromatic heterocycles. The summed E-state index contributed by atoms with van der Waals surface area (Å²) in [7, 11) is 1.41. The van der Waals surface area contributed by atoms with Crippen molar-refractivity contribution in [1.82, 2.24) is 4.98 Å². The van der Waals surface area contributed by atoms with Crippen molar-refractivity contribution in [3.63, 3.8) is 0 Å². The van der Waals surface area contributed by atoms with Gasteiger partial charge in [0.2, 0.25) is 0 Å². The molecule has 0 amide bonds. The van der Waals surface area contributed by atoms with E-state index in [1.165, 1.54) is 31.5 Å². The molecule has 1 N–H and O–H groups in total. The van der Waals surface area contributed by atoms with Gasteiger partial charge in [0.25, 0.3) is 0 Å². The van der Waals surface area contributed by atoms with E-state index in [0.29, 0.717) is 5.75 Å². The van der Waals surface area contributed by atoms with E-state index in [0.717, 1.165) is 12.1 Å². The van der Waals surface area contributed by atoms with Crippen LogP contribution in [0, 0.1) is 11.6 Å². The molecule has 0 fully saturated rings. The van der Waals surface area contributed by atoms with Crippen LogP contribution in [0.25, 0.3) is 0 Å². The molecule has 5 heteroatoms. The Morgan fingerprint density at radius 1 is 1.22 bits per heavy atom. The molecule has 1 unspecified atom stereocenters. The van der Waals surface area contributed by atoms with Crippen molar-refractivity contribution < 1.29 is 18.6 Å². The standard InChI is InChI=1S/C13H11F2NO2/c1-18-8-4-5-9(11(15)7-8)13(17)12-10(14)3-2-6-16-12/h2-7,13,17H,1H3. The van der Waals surface area contributed by atoms with Gasteiger partial charge in [0.05, 0.1) is 7.11 Å². The van der Waals surface area contributed by atoms with Gasteiger partial charge in [-0.3, -0.25) is 4.98 Å². The molecule has 0 aliphatic carbocycles. The van der Waals surface area contributed by atoms with Gasteiger partial charge in [0.1, 0.15) is 29.2 Å². The Morgan fingerprint density at radius 2 is 2.00 bits per heavy atom. The highest BCUT2D eigenvalue weighted by Crippen LogP contribution is 2.26. The summed E-state index contributed by atoms with van der Waals surface area (Å²) in [6, 6.07) is 6.51. The summed E-state index contributed by atoms with van der Waals surface area (Å²) in [4.78, 5) is 3.72. The molecule has 0 aliphatic rings. The smallest absolute Gasteiger partial charge is 0.147 e. The minimum Gasteiger partial charge on any atom is -0.497 e. The van der Waals surface area contributed by atoms with Crippen LogP contribution in [0.2, 0.25) is 0 Å². The Bertz CT molecular complexity index is 560. The first-order valence-corrected chi connectivity index (χ1v) is 5.25. The second kappa shape index (κ2) is 5.10. The molecular weight excluding hydrogens is 240 g/mol. The van der Waals surface area contributed by atoms with E-state index < -0.39 is 17.7 Å². The zero-order chi connectivity index (χ0) is 13.1. The number of ether oxygens (including phenoxy) is 1. The van der Waals surface area contributed by atoms with Gasteiger partial charge < -0.3 is 9.84 Å². The van der Waals surface area contributed by atoms with Gasteiger partial charge in [-0.1, -0.05) is 0 Å². The zero-order valence-corrected chi connectivity index (χ0v) is 9.60. The molecule has 0 bridgehead atoms. The van der Waals surface area contributed by atoms with Crippen LogP contribution in [-0.4, -0.2) is 17.2 Å². The number of aliphatic hydroxyl groups is 1. The molecule has 0 aliphatic heterocycles. The fourth-order valence-corrected chi connectivity index (χ4v) is 1.60. The summed E-state index contributed by atoms with van der Waals surface area (Å²) in [6.45, 7) is 0. The number of hydrogen-bond acceptors (Lipinski definition) is 3. The highest BCUT2D eigenvalue weighted by molar-refractivity contribution is 5.33. The minimum atomic E-state index is -1.45. The normalized spacial score (nSPS) is 12.2. The van der Waals surface area contributed by atoms with Gasteiger partial charge in [-0.25, -0.2) is 8.78 Å². The number of nitrogens with zero attached hydrogens (tertiary/aromatic N) is 1. The third-order valence-electron chi connectivity index (χ3n) is 2.55. The number of methoxy groups -OCH3 is 1. The number of rotatable bonds is 3. The monoisotopic (exact) mass is 251 g/mol. The minimum absolute atomic E-state index is 0.0478. The van der Waals surface area contributed by atoms with Crippen molar-refractivity contribution in [3.8, 4) is 5.75 Å². The van der Waals surface area contributed by atoms with E-state index in [-0.39, 0.29) is 11.3 Å².